The molecule has 0 saturated carbocycles. The number of thiophene rings is 1. The molecule has 8 heteroatoms. The van der Waals surface area contributed by atoms with E-state index in [0.717, 1.165) is 36.0 Å². The summed E-state index contributed by atoms with van der Waals surface area (Å²) in [4.78, 5) is 42.9. The van der Waals surface area contributed by atoms with E-state index in [-0.39, 0.29) is 18.7 Å². The minimum atomic E-state index is -0.450. The molecule has 7 nitrogen and oxygen atoms in total. The number of fused-ring (bicyclic) bond motifs is 3. The van der Waals surface area contributed by atoms with Crippen molar-refractivity contribution in [2.75, 3.05) is 6.61 Å². The minimum Gasteiger partial charge on any atom is -0.462 e. The molecule has 1 aliphatic carbocycles. The first-order chi connectivity index (χ1) is 15.0. The van der Waals surface area contributed by atoms with E-state index < -0.39 is 11.6 Å². The van der Waals surface area contributed by atoms with Gasteiger partial charge >= 0.3 is 11.6 Å². The van der Waals surface area contributed by atoms with Gasteiger partial charge in [0.05, 0.1) is 24.9 Å². The van der Waals surface area contributed by atoms with Crippen molar-refractivity contribution in [1.82, 2.24) is 9.55 Å². The van der Waals surface area contributed by atoms with E-state index >= 15 is 0 Å². The number of aryl methyl sites for hydroxylation is 3. The van der Waals surface area contributed by atoms with E-state index in [0.29, 0.717) is 31.8 Å². The maximum absolute atomic E-state index is 13.2. The molecule has 0 radical (unpaired) electrons. The molecule has 0 saturated heterocycles. The Morgan fingerprint density at radius 2 is 2.00 bits per heavy atom. The van der Waals surface area contributed by atoms with Crippen LogP contribution in [0.3, 0.4) is 0 Å². The summed E-state index contributed by atoms with van der Waals surface area (Å²) in [6.07, 6.45) is 4.54. The molecule has 0 amide bonds. The van der Waals surface area contributed by atoms with Gasteiger partial charge in [-0.05, 0) is 67.5 Å². The van der Waals surface area contributed by atoms with Crippen molar-refractivity contribution in [2.45, 2.75) is 39.7 Å². The van der Waals surface area contributed by atoms with Crippen LogP contribution in [0.15, 0.2) is 38.5 Å². The predicted octanol–water partition coefficient (Wildman–Crippen LogP) is 3.59. The fourth-order valence-corrected chi connectivity index (χ4v) is 5.31. The summed E-state index contributed by atoms with van der Waals surface area (Å²) in [6.45, 7) is 3.92. The van der Waals surface area contributed by atoms with Gasteiger partial charge in [-0.25, -0.2) is 14.6 Å². The Hall–Kier alpha value is -3.26. The SMILES string of the molecule is CCOC(=O)c1sc2ncn(Cc3cc(=O)oc4cc5c(cc34)CCC5)c(=O)c2c1C. The largest absolute Gasteiger partial charge is 0.462 e. The molecule has 0 aliphatic heterocycles. The molecule has 5 rings (SSSR count). The van der Waals surface area contributed by atoms with E-state index in [1.54, 1.807) is 13.8 Å². The van der Waals surface area contributed by atoms with Crippen LogP contribution < -0.4 is 11.2 Å². The van der Waals surface area contributed by atoms with Crippen LogP contribution in [-0.2, 0) is 24.1 Å². The molecule has 0 bridgehead atoms. The van der Waals surface area contributed by atoms with Crippen LogP contribution in [0.1, 0.15) is 45.3 Å². The van der Waals surface area contributed by atoms with E-state index in [9.17, 15) is 14.4 Å². The monoisotopic (exact) mass is 436 g/mol. The molecule has 4 aromatic rings. The number of rotatable bonds is 4. The molecular formula is C23H20N2O5S. The number of ether oxygens (including phenoxy) is 1. The molecule has 1 aliphatic rings. The second-order valence-corrected chi connectivity index (χ2v) is 8.69. The maximum atomic E-state index is 13.2. The number of hydrogen-bond acceptors (Lipinski definition) is 7. The Bertz CT molecular complexity index is 1480. The number of hydrogen-bond donors (Lipinski definition) is 0. The van der Waals surface area contributed by atoms with Crippen molar-refractivity contribution < 1.29 is 13.9 Å². The Kier molecular flexibility index (Phi) is 4.74. The second-order valence-electron chi connectivity index (χ2n) is 7.70. The molecular weight excluding hydrogens is 416 g/mol. The number of aromatic nitrogens is 2. The summed E-state index contributed by atoms with van der Waals surface area (Å²) in [5.41, 5.74) is 3.60. The first-order valence-electron chi connectivity index (χ1n) is 10.2. The molecule has 158 valence electrons. The molecule has 0 unspecified atom stereocenters. The van der Waals surface area contributed by atoms with Gasteiger partial charge < -0.3 is 9.15 Å². The predicted molar refractivity (Wildman–Crippen MR) is 118 cm³/mol. The van der Waals surface area contributed by atoms with Crippen molar-refractivity contribution >= 4 is 38.5 Å². The number of benzene rings is 1. The third-order valence-electron chi connectivity index (χ3n) is 5.76. The number of esters is 1. The summed E-state index contributed by atoms with van der Waals surface area (Å²) < 4.78 is 12.0. The average molecular weight is 436 g/mol. The highest BCUT2D eigenvalue weighted by Gasteiger charge is 2.21. The molecule has 0 atom stereocenters. The summed E-state index contributed by atoms with van der Waals surface area (Å²) >= 11 is 1.16. The number of carbonyl (C=O) groups is 1. The lowest BCUT2D eigenvalue weighted by Crippen LogP contribution is -2.22. The van der Waals surface area contributed by atoms with E-state index in [1.807, 2.05) is 6.07 Å². The van der Waals surface area contributed by atoms with Crippen molar-refractivity contribution in [3.63, 3.8) is 0 Å². The van der Waals surface area contributed by atoms with Crippen LogP contribution in [0.4, 0.5) is 0 Å². The molecule has 0 fully saturated rings. The second kappa shape index (κ2) is 7.46. The lowest BCUT2D eigenvalue weighted by Gasteiger charge is -2.10. The molecule has 1 aromatic carbocycles. The van der Waals surface area contributed by atoms with Crippen LogP contribution in [0.2, 0.25) is 0 Å². The van der Waals surface area contributed by atoms with Gasteiger partial charge in [0.1, 0.15) is 15.3 Å². The van der Waals surface area contributed by atoms with Gasteiger partial charge in [0.2, 0.25) is 0 Å². The normalized spacial score (nSPS) is 13.1. The van der Waals surface area contributed by atoms with Gasteiger partial charge in [0, 0.05) is 11.5 Å². The van der Waals surface area contributed by atoms with Gasteiger partial charge in [0.15, 0.2) is 0 Å². The highest BCUT2D eigenvalue weighted by molar-refractivity contribution is 7.20. The standard InChI is InChI=1S/C23H20N2O5S/c1-3-29-23(28)20-12(2)19-21(31-20)24-11-25(22(19)27)10-15-9-18(26)30-17-8-14-6-4-5-13(14)7-16(15)17/h7-9,11H,3-6,10H2,1-2H3. The third-order valence-corrected chi connectivity index (χ3v) is 6.94. The van der Waals surface area contributed by atoms with Crippen molar-refractivity contribution in [2.24, 2.45) is 0 Å². The average Bonchev–Trinajstić information content (AvgIpc) is 3.32. The molecule has 31 heavy (non-hydrogen) atoms. The lowest BCUT2D eigenvalue weighted by molar-refractivity contribution is 0.0531. The third kappa shape index (κ3) is 3.27. The van der Waals surface area contributed by atoms with Gasteiger partial charge in [-0.3, -0.25) is 9.36 Å². The van der Waals surface area contributed by atoms with E-state index in [2.05, 4.69) is 11.1 Å². The Morgan fingerprint density at radius 3 is 2.77 bits per heavy atom. The molecule has 3 aromatic heterocycles. The van der Waals surface area contributed by atoms with Crippen LogP contribution >= 0.6 is 11.3 Å². The van der Waals surface area contributed by atoms with E-state index in [1.165, 1.54) is 28.1 Å². The summed E-state index contributed by atoms with van der Waals surface area (Å²) in [6, 6.07) is 5.45. The van der Waals surface area contributed by atoms with Crippen LogP contribution in [0.25, 0.3) is 21.2 Å². The highest BCUT2D eigenvalue weighted by Crippen LogP contribution is 2.30. The topological polar surface area (TPSA) is 91.4 Å². The van der Waals surface area contributed by atoms with Crippen LogP contribution in [-0.4, -0.2) is 22.1 Å². The number of nitrogens with zero attached hydrogens (tertiary/aromatic N) is 2. The minimum absolute atomic E-state index is 0.187. The fourth-order valence-electron chi connectivity index (χ4n) is 4.27. The zero-order valence-corrected chi connectivity index (χ0v) is 18.0. The van der Waals surface area contributed by atoms with Crippen molar-refractivity contribution in [3.05, 3.63) is 72.4 Å². The Labute approximate surface area is 180 Å². The molecule has 0 spiro atoms. The first-order valence-corrected chi connectivity index (χ1v) is 11.0. The van der Waals surface area contributed by atoms with Gasteiger partial charge in [0.25, 0.3) is 5.56 Å². The van der Waals surface area contributed by atoms with E-state index in [4.69, 9.17) is 9.15 Å². The zero-order chi connectivity index (χ0) is 21.7. The fraction of sp³-hybridized carbons (Fsp3) is 0.304. The summed E-state index contributed by atoms with van der Waals surface area (Å²) in [5.74, 6) is -0.450. The van der Waals surface area contributed by atoms with Gasteiger partial charge in [-0.1, -0.05) is 0 Å². The van der Waals surface area contributed by atoms with Crippen LogP contribution in [0, 0.1) is 6.92 Å². The summed E-state index contributed by atoms with van der Waals surface area (Å²) in [7, 11) is 0. The zero-order valence-electron chi connectivity index (χ0n) is 17.2. The quantitative estimate of drug-likeness (QED) is 0.359. The molecule has 0 N–H and O–H groups in total. The van der Waals surface area contributed by atoms with Crippen molar-refractivity contribution in [3.8, 4) is 0 Å². The number of carbonyl (C=O) groups excluding carboxylic acids is 1. The Morgan fingerprint density at radius 1 is 1.23 bits per heavy atom. The van der Waals surface area contributed by atoms with Gasteiger partial charge in [-0.2, -0.15) is 0 Å². The smallest absolute Gasteiger partial charge is 0.348 e. The summed E-state index contributed by atoms with van der Waals surface area (Å²) in [5, 5.41) is 1.24. The Balaban J connectivity index is 1.63. The molecule has 3 heterocycles. The first kappa shape index (κ1) is 19.7. The van der Waals surface area contributed by atoms with Gasteiger partial charge in [-0.15, -0.1) is 11.3 Å². The highest BCUT2D eigenvalue weighted by atomic mass is 32.1. The maximum Gasteiger partial charge on any atom is 0.348 e. The lowest BCUT2D eigenvalue weighted by atomic mass is 10.0. The van der Waals surface area contributed by atoms with Crippen molar-refractivity contribution in [1.29, 1.82) is 0 Å². The van der Waals surface area contributed by atoms with Crippen LogP contribution in [0.5, 0.6) is 0 Å².